The van der Waals surface area contributed by atoms with Gasteiger partial charge in [0.05, 0.1) is 18.8 Å². The second-order valence-electron chi connectivity index (χ2n) is 6.28. The molecule has 6 nitrogen and oxygen atoms in total. The first kappa shape index (κ1) is 14.7. The van der Waals surface area contributed by atoms with Crippen LogP contribution in [0.25, 0.3) is 0 Å². The van der Waals surface area contributed by atoms with Gasteiger partial charge in [0.1, 0.15) is 12.2 Å². The van der Waals surface area contributed by atoms with Gasteiger partial charge in [-0.05, 0) is 19.3 Å². The van der Waals surface area contributed by atoms with E-state index in [-0.39, 0.29) is 30.8 Å². The number of hydrogen-bond acceptors (Lipinski definition) is 4. The molecular formula is C17H21N3O3. The highest BCUT2D eigenvalue weighted by molar-refractivity contribution is 5.81. The number of aromatic nitrogens is 2. The number of nitrogens with one attached hydrogen (secondary N) is 1. The zero-order valence-electron chi connectivity index (χ0n) is 13.1. The van der Waals surface area contributed by atoms with Gasteiger partial charge < -0.3 is 14.8 Å². The van der Waals surface area contributed by atoms with Crippen LogP contribution in [0.3, 0.4) is 0 Å². The lowest BCUT2D eigenvalue weighted by molar-refractivity contribution is -0.168. The van der Waals surface area contributed by atoms with Crippen LogP contribution in [0.2, 0.25) is 0 Å². The maximum absolute atomic E-state index is 12.6. The fourth-order valence-electron chi connectivity index (χ4n) is 3.53. The third kappa shape index (κ3) is 2.72. The van der Waals surface area contributed by atoms with Crippen molar-refractivity contribution in [2.45, 2.75) is 43.6 Å². The van der Waals surface area contributed by atoms with E-state index in [9.17, 15) is 4.79 Å². The van der Waals surface area contributed by atoms with Crippen LogP contribution in [0.1, 0.15) is 30.1 Å². The van der Waals surface area contributed by atoms with Crippen molar-refractivity contribution in [1.82, 2.24) is 15.1 Å². The van der Waals surface area contributed by atoms with E-state index in [4.69, 9.17) is 9.47 Å². The van der Waals surface area contributed by atoms with Gasteiger partial charge in [-0.15, -0.1) is 0 Å². The first-order chi connectivity index (χ1) is 11.2. The van der Waals surface area contributed by atoms with Crippen LogP contribution >= 0.6 is 0 Å². The van der Waals surface area contributed by atoms with Crippen molar-refractivity contribution < 1.29 is 14.3 Å². The molecule has 3 aliphatic rings. The maximum atomic E-state index is 12.6. The standard InChI is InChI=1S/C17H21N3O3/c1-20-13-6-4-5-12(11(13)9-18-20)19-17(21)16-10-22-14-7-2-3-8-15(14)23-16/h2-3,7-9,12,14-16H,4-6,10H2,1H3,(H,19,21)/t12-,14+,15-,16-/m0/s1. The summed E-state index contributed by atoms with van der Waals surface area (Å²) in [4.78, 5) is 12.6. The van der Waals surface area contributed by atoms with E-state index in [0.29, 0.717) is 0 Å². The van der Waals surface area contributed by atoms with Gasteiger partial charge in [0.25, 0.3) is 5.91 Å². The van der Waals surface area contributed by atoms with Gasteiger partial charge in [0.15, 0.2) is 6.10 Å². The fourth-order valence-corrected chi connectivity index (χ4v) is 3.53. The highest BCUT2D eigenvalue weighted by atomic mass is 16.6. The van der Waals surface area contributed by atoms with Crippen LogP contribution in [0.4, 0.5) is 0 Å². The predicted molar refractivity (Wildman–Crippen MR) is 83.7 cm³/mol. The summed E-state index contributed by atoms with van der Waals surface area (Å²) in [5.41, 5.74) is 2.34. The highest BCUT2D eigenvalue weighted by Gasteiger charge is 2.35. The minimum Gasteiger partial charge on any atom is -0.368 e. The second kappa shape index (κ2) is 5.94. The molecular weight excluding hydrogens is 294 g/mol. The number of nitrogens with zero attached hydrogens (tertiary/aromatic N) is 2. The quantitative estimate of drug-likeness (QED) is 0.890. The van der Waals surface area contributed by atoms with Crippen LogP contribution in [0.5, 0.6) is 0 Å². The van der Waals surface area contributed by atoms with Gasteiger partial charge in [0, 0.05) is 18.3 Å². The van der Waals surface area contributed by atoms with E-state index in [2.05, 4.69) is 10.4 Å². The molecule has 0 unspecified atom stereocenters. The van der Waals surface area contributed by atoms with Crippen LogP contribution in [0, 0.1) is 0 Å². The molecule has 1 aromatic rings. The highest BCUT2D eigenvalue weighted by Crippen LogP contribution is 2.29. The number of rotatable bonds is 2. The van der Waals surface area contributed by atoms with Gasteiger partial charge in [0.2, 0.25) is 0 Å². The molecule has 1 fully saturated rings. The van der Waals surface area contributed by atoms with E-state index in [1.165, 1.54) is 5.69 Å². The Kier molecular flexibility index (Phi) is 3.79. The van der Waals surface area contributed by atoms with Crippen LogP contribution in [-0.4, -0.2) is 40.6 Å². The number of ether oxygens (including phenoxy) is 2. The number of amides is 1. The average Bonchev–Trinajstić information content (AvgIpc) is 2.97. The van der Waals surface area contributed by atoms with Gasteiger partial charge in [-0.2, -0.15) is 5.10 Å². The number of allylic oxidation sites excluding steroid dienone is 2. The Bertz CT molecular complexity index is 664. The van der Waals surface area contributed by atoms with Crippen LogP contribution in [-0.2, 0) is 27.7 Å². The number of aryl methyl sites for hydroxylation is 1. The van der Waals surface area contributed by atoms with Crippen molar-refractivity contribution in [2.24, 2.45) is 7.05 Å². The lowest BCUT2D eigenvalue weighted by atomic mass is 9.93. The van der Waals surface area contributed by atoms with E-state index in [0.717, 1.165) is 24.8 Å². The van der Waals surface area contributed by atoms with Crippen molar-refractivity contribution in [3.8, 4) is 0 Å². The average molecular weight is 315 g/mol. The maximum Gasteiger partial charge on any atom is 0.252 e. The number of fused-ring (bicyclic) bond motifs is 2. The summed E-state index contributed by atoms with van der Waals surface area (Å²) < 4.78 is 13.5. The van der Waals surface area contributed by atoms with E-state index >= 15 is 0 Å². The minimum absolute atomic E-state index is 0.0167. The molecule has 1 N–H and O–H groups in total. The Balaban J connectivity index is 1.43. The number of carbonyl (C=O) groups is 1. The van der Waals surface area contributed by atoms with Crippen molar-refractivity contribution >= 4 is 5.91 Å². The molecule has 4 rings (SSSR count). The molecule has 0 bridgehead atoms. The molecule has 1 aromatic heterocycles. The molecule has 0 spiro atoms. The largest absolute Gasteiger partial charge is 0.368 e. The summed E-state index contributed by atoms with van der Waals surface area (Å²) in [5, 5.41) is 7.43. The van der Waals surface area contributed by atoms with E-state index in [1.54, 1.807) is 0 Å². The topological polar surface area (TPSA) is 65.4 Å². The Morgan fingerprint density at radius 2 is 2.17 bits per heavy atom. The molecule has 1 saturated heterocycles. The Labute approximate surface area is 135 Å². The molecule has 6 heteroatoms. The Morgan fingerprint density at radius 3 is 3.04 bits per heavy atom. The van der Waals surface area contributed by atoms with E-state index < -0.39 is 6.10 Å². The summed E-state index contributed by atoms with van der Waals surface area (Å²) in [6.45, 7) is 0.289. The smallest absolute Gasteiger partial charge is 0.252 e. The fraction of sp³-hybridized carbons (Fsp3) is 0.529. The molecule has 4 atom stereocenters. The number of hydrogen-bond donors (Lipinski definition) is 1. The van der Waals surface area contributed by atoms with Crippen molar-refractivity contribution in [3.63, 3.8) is 0 Å². The molecule has 1 aliphatic heterocycles. The predicted octanol–water partition coefficient (Wildman–Crippen LogP) is 1.19. The lowest BCUT2D eigenvalue weighted by Gasteiger charge is -2.35. The van der Waals surface area contributed by atoms with Gasteiger partial charge >= 0.3 is 0 Å². The minimum atomic E-state index is -0.561. The third-order valence-corrected chi connectivity index (χ3v) is 4.78. The summed E-state index contributed by atoms with van der Waals surface area (Å²) in [7, 11) is 1.95. The lowest BCUT2D eigenvalue weighted by Crippen LogP contribution is -2.50. The zero-order valence-corrected chi connectivity index (χ0v) is 13.1. The van der Waals surface area contributed by atoms with Gasteiger partial charge in [-0.1, -0.05) is 24.3 Å². The van der Waals surface area contributed by atoms with Crippen LogP contribution in [0.15, 0.2) is 30.5 Å². The Hall–Kier alpha value is -1.92. The third-order valence-electron chi connectivity index (χ3n) is 4.78. The zero-order chi connectivity index (χ0) is 15.8. The first-order valence-electron chi connectivity index (χ1n) is 8.15. The summed E-state index contributed by atoms with van der Waals surface area (Å²) in [6.07, 6.45) is 11.8. The molecule has 0 saturated carbocycles. The van der Waals surface area contributed by atoms with Gasteiger partial charge in [-0.3, -0.25) is 9.48 Å². The second-order valence-corrected chi connectivity index (χ2v) is 6.28. The molecule has 122 valence electrons. The first-order valence-corrected chi connectivity index (χ1v) is 8.15. The molecule has 0 radical (unpaired) electrons. The summed E-state index contributed by atoms with van der Waals surface area (Å²) in [6, 6.07) is 0.0167. The Morgan fingerprint density at radius 1 is 1.35 bits per heavy atom. The van der Waals surface area contributed by atoms with Crippen LogP contribution < -0.4 is 5.32 Å². The molecule has 1 amide bonds. The normalized spacial score (nSPS) is 32.2. The van der Waals surface area contributed by atoms with E-state index in [1.807, 2.05) is 42.2 Å². The molecule has 0 aromatic carbocycles. The number of carbonyl (C=O) groups excluding carboxylic acids is 1. The molecule has 2 heterocycles. The monoisotopic (exact) mass is 315 g/mol. The van der Waals surface area contributed by atoms with Crippen molar-refractivity contribution in [2.75, 3.05) is 6.61 Å². The summed E-state index contributed by atoms with van der Waals surface area (Å²) >= 11 is 0. The molecule has 2 aliphatic carbocycles. The van der Waals surface area contributed by atoms with Crippen molar-refractivity contribution in [3.05, 3.63) is 41.8 Å². The van der Waals surface area contributed by atoms with Gasteiger partial charge in [-0.25, -0.2) is 0 Å². The summed E-state index contributed by atoms with van der Waals surface area (Å²) in [5.74, 6) is -0.104. The SMILES string of the molecule is Cn1ncc2c1CCC[C@@H]2NC(=O)[C@@H]1CO[C@@H]2C=CC=C[C@@H]2O1. The molecule has 23 heavy (non-hydrogen) atoms. The van der Waals surface area contributed by atoms with Crippen molar-refractivity contribution in [1.29, 1.82) is 0 Å².